The molecule has 2 atom stereocenters. The molecule has 92 valence electrons. The number of benzene rings is 2. The summed E-state index contributed by atoms with van der Waals surface area (Å²) >= 11 is 0. The second kappa shape index (κ2) is 5.14. The summed E-state index contributed by atoms with van der Waals surface area (Å²) in [5, 5.41) is 10.3. The minimum absolute atomic E-state index is 0.143. The highest BCUT2D eigenvalue weighted by molar-refractivity contribution is 5.59. The first kappa shape index (κ1) is 11.8. The van der Waals surface area contributed by atoms with Gasteiger partial charge in [-0.05, 0) is 23.3 Å². The number of aliphatic hydroxyl groups excluding tert-OH is 1. The van der Waals surface area contributed by atoms with Crippen LogP contribution in [-0.4, -0.2) is 5.11 Å². The Balaban J connectivity index is 1.88. The normalized spacial score (nSPS) is 20.3. The van der Waals surface area contributed by atoms with Crippen LogP contribution < -0.4 is 0 Å². The average Bonchev–Trinajstić information content (AvgIpc) is 2.48. The topological polar surface area (TPSA) is 20.2 Å². The van der Waals surface area contributed by atoms with Crippen LogP contribution in [0.1, 0.15) is 22.8 Å². The molecule has 0 unspecified atom stereocenters. The van der Waals surface area contributed by atoms with E-state index in [4.69, 9.17) is 0 Å². The predicted molar refractivity (Wildman–Crippen MR) is 77.2 cm³/mol. The van der Waals surface area contributed by atoms with E-state index in [1.54, 1.807) is 0 Å². The molecule has 0 radical (unpaired) electrons. The molecule has 0 aliphatic heterocycles. The summed E-state index contributed by atoms with van der Waals surface area (Å²) in [7, 11) is 0. The second-order valence-electron chi connectivity index (χ2n) is 4.59. The van der Waals surface area contributed by atoms with Crippen molar-refractivity contribution in [3.63, 3.8) is 0 Å². The number of hydrogen-bond acceptors (Lipinski definition) is 1. The van der Waals surface area contributed by atoms with Gasteiger partial charge in [0.2, 0.25) is 0 Å². The molecule has 1 nitrogen and oxygen atoms in total. The quantitative estimate of drug-likeness (QED) is 0.706. The van der Waals surface area contributed by atoms with Crippen molar-refractivity contribution in [3.8, 4) is 11.8 Å². The van der Waals surface area contributed by atoms with Gasteiger partial charge in [-0.1, -0.05) is 66.5 Å². The van der Waals surface area contributed by atoms with Gasteiger partial charge in [0, 0.05) is 5.56 Å². The molecule has 0 bridgehead atoms. The van der Waals surface area contributed by atoms with Crippen LogP contribution in [0.25, 0.3) is 6.08 Å². The van der Waals surface area contributed by atoms with Gasteiger partial charge in [-0.25, -0.2) is 0 Å². The molecule has 1 aliphatic rings. The fraction of sp³-hybridized carbons (Fsp3) is 0.111. The highest BCUT2D eigenvalue weighted by Gasteiger charge is 2.21. The lowest BCUT2D eigenvalue weighted by atomic mass is 9.87. The molecule has 1 heteroatoms. The van der Waals surface area contributed by atoms with E-state index in [-0.39, 0.29) is 5.92 Å². The summed E-state index contributed by atoms with van der Waals surface area (Å²) in [6.45, 7) is 0. The molecule has 0 fully saturated rings. The van der Waals surface area contributed by atoms with Gasteiger partial charge in [0.1, 0.15) is 0 Å². The molecule has 1 aliphatic carbocycles. The minimum atomic E-state index is -0.544. The van der Waals surface area contributed by atoms with E-state index in [2.05, 4.69) is 11.8 Å². The minimum Gasteiger partial charge on any atom is -0.387 e. The molecule has 0 saturated heterocycles. The predicted octanol–water partition coefficient (Wildman–Crippen LogP) is 3.41. The van der Waals surface area contributed by atoms with Gasteiger partial charge < -0.3 is 5.11 Å². The summed E-state index contributed by atoms with van der Waals surface area (Å²) in [5.41, 5.74) is 3.01. The van der Waals surface area contributed by atoms with Gasteiger partial charge in [0.15, 0.2) is 0 Å². The van der Waals surface area contributed by atoms with Gasteiger partial charge in [0.05, 0.1) is 12.0 Å². The average molecular weight is 246 g/mol. The Hall–Kier alpha value is -2.30. The molecule has 3 rings (SSSR count). The smallest absolute Gasteiger partial charge is 0.0968 e. The van der Waals surface area contributed by atoms with Crippen LogP contribution in [0, 0.1) is 17.8 Å². The zero-order chi connectivity index (χ0) is 13.1. The number of fused-ring (bicyclic) bond motifs is 1. The van der Waals surface area contributed by atoms with Crippen LogP contribution in [0.3, 0.4) is 0 Å². The second-order valence-corrected chi connectivity index (χ2v) is 4.59. The molecular weight excluding hydrogens is 232 g/mol. The first-order chi connectivity index (χ1) is 9.34. The zero-order valence-corrected chi connectivity index (χ0v) is 10.5. The molecule has 2 aromatic rings. The number of rotatable bonds is 0. The van der Waals surface area contributed by atoms with Crippen molar-refractivity contribution in [2.24, 2.45) is 5.92 Å². The third-order valence-electron chi connectivity index (χ3n) is 3.29. The lowest BCUT2D eigenvalue weighted by Crippen LogP contribution is -2.13. The third kappa shape index (κ3) is 2.45. The van der Waals surface area contributed by atoms with Crippen molar-refractivity contribution < 1.29 is 5.11 Å². The van der Waals surface area contributed by atoms with Crippen LogP contribution >= 0.6 is 0 Å². The summed E-state index contributed by atoms with van der Waals surface area (Å²) in [6.07, 6.45) is 3.47. The van der Waals surface area contributed by atoms with Crippen molar-refractivity contribution in [2.75, 3.05) is 0 Å². The van der Waals surface area contributed by atoms with Gasteiger partial charge in [-0.2, -0.15) is 0 Å². The van der Waals surface area contributed by atoms with Crippen LogP contribution in [-0.2, 0) is 0 Å². The van der Waals surface area contributed by atoms with Crippen molar-refractivity contribution in [2.45, 2.75) is 6.10 Å². The Morgan fingerprint density at radius 2 is 1.63 bits per heavy atom. The van der Waals surface area contributed by atoms with E-state index in [0.29, 0.717) is 0 Å². The van der Waals surface area contributed by atoms with E-state index in [0.717, 1.165) is 16.7 Å². The summed E-state index contributed by atoms with van der Waals surface area (Å²) < 4.78 is 0. The van der Waals surface area contributed by atoms with Crippen LogP contribution in [0.15, 0.2) is 60.7 Å². The third-order valence-corrected chi connectivity index (χ3v) is 3.29. The van der Waals surface area contributed by atoms with Crippen molar-refractivity contribution in [1.82, 2.24) is 0 Å². The Morgan fingerprint density at radius 1 is 0.895 bits per heavy atom. The van der Waals surface area contributed by atoms with E-state index >= 15 is 0 Å². The molecule has 0 saturated carbocycles. The van der Waals surface area contributed by atoms with E-state index in [9.17, 15) is 5.11 Å². The summed E-state index contributed by atoms with van der Waals surface area (Å²) in [5.74, 6) is 6.11. The summed E-state index contributed by atoms with van der Waals surface area (Å²) in [4.78, 5) is 0. The Kier molecular flexibility index (Phi) is 3.18. The maximum atomic E-state index is 10.3. The first-order valence-corrected chi connectivity index (χ1v) is 6.36. The molecule has 0 aromatic heterocycles. The summed E-state index contributed by atoms with van der Waals surface area (Å²) in [6, 6.07) is 17.7. The largest absolute Gasteiger partial charge is 0.387 e. The lowest BCUT2D eigenvalue weighted by Gasteiger charge is -2.21. The molecule has 0 amide bonds. The lowest BCUT2D eigenvalue weighted by molar-refractivity contribution is 0.153. The van der Waals surface area contributed by atoms with Gasteiger partial charge in [0.25, 0.3) is 0 Å². The van der Waals surface area contributed by atoms with Crippen LogP contribution in [0.2, 0.25) is 0 Å². The Bertz CT molecular complexity index is 659. The SMILES string of the molecule is O[C@H]1c2ccccc2C=C[C@H]1C#Cc1ccccc1. The van der Waals surface area contributed by atoms with Crippen LogP contribution in [0.4, 0.5) is 0 Å². The van der Waals surface area contributed by atoms with Crippen molar-refractivity contribution in [3.05, 3.63) is 77.4 Å². The number of hydrogen-bond donors (Lipinski definition) is 1. The number of aliphatic hydroxyl groups is 1. The monoisotopic (exact) mass is 246 g/mol. The van der Waals surface area contributed by atoms with Gasteiger partial charge >= 0.3 is 0 Å². The highest BCUT2D eigenvalue weighted by atomic mass is 16.3. The highest BCUT2D eigenvalue weighted by Crippen LogP contribution is 2.31. The fourth-order valence-electron chi connectivity index (χ4n) is 2.25. The first-order valence-electron chi connectivity index (χ1n) is 6.36. The molecule has 1 N–H and O–H groups in total. The Morgan fingerprint density at radius 3 is 2.47 bits per heavy atom. The van der Waals surface area contributed by atoms with Crippen molar-refractivity contribution in [1.29, 1.82) is 0 Å². The van der Waals surface area contributed by atoms with Crippen LogP contribution in [0.5, 0.6) is 0 Å². The maximum Gasteiger partial charge on any atom is 0.0968 e. The molecule has 19 heavy (non-hydrogen) atoms. The molecule has 0 spiro atoms. The van der Waals surface area contributed by atoms with Gasteiger partial charge in [-0.15, -0.1) is 0 Å². The molecule has 2 aromatic carbocycles. The fourth-order valence-corrected chi connectivity index (χ4v) is 2.25. The Labute approximate surface area is 113 Å². The van der Waals surface area contributed by atoms with E-state index < -0.39 is 6.10 Å². The van der Waals surface area contributed by atoms with Gasteiger partial charge in [-0.3, -0.25) is 0 Å². The van der Waals surface area contributed by atoms with Crippen molar-refractivity contribution >= 4 is 6.08 Å². The molecule has 0 heterocycles. The van der Waals surface area contributed by atoms with E-state index in [1.165, 1.54) is 0 Å². The van der Waals surface area contributed by atoms with E-state index in [1.807, 2.05) is 66.7 Å². The molecular formula is C18H14O. The standard InChI is InChI=1S/C18H14O/c19-18-16(11-10-14-6-2-1-3-7-14)13-12-15-8-4-5-9-17(15)18/h1-9,12-13,16,18-19H/t16-,18-/m1/s1. The zero-order valence-electron chi connectivity index (χ0n) is 10.5. The maximum absolute atomic E-state index is 10.3.